The second-order valence-corrected chi connectivity index (χ2v) is 5.19. The third kappa shape index (κ3) is 2.47. The highest BCUT2D eigenvalue weighted by Gasteiger charge is 2.09. The fourth-order valence-corrected chi connectivity index (χ4v) is 2.48. The van der Waals surface area contributed by atoms with Crippen LogP contribution >= 0.6 is 0 Å². The minimum absolute atomic E-state index is 0.418. The van der Waals surface area contributed by atoms with Crippen molar-refractivity contribution >= 4 is 10.8 Å². The Morgan fingerprint density at radius 3 is 2.65 bits per heavy atom. The fraction of sp³-hybridized carbons (Fsp3) is 0.222. The molecule has 0 aliphatic heterocycles. The minimum atomic E-state index is 0.418. The van der Waals surface area contributed by atoms with Crippen LogP contribution in [-0.4, -0.2) is 13.1 Å². The van der Waals surface area contributed by atoms with E-state index in [1.807, 2.05) is 7.05 Å². The molecule has 0 saturated carbocycles. The predicted molar refractivity (Wildman–Crippen MR) is 83.9 cm³/mol. The number of hydrogen-bond acceptors (Lipinski definition) is 2. The van der Waals surface area contributed by atoms with Gasteiger partial charge in [-0.15, -0.1) is 0 Å². The Morgan fingerprint density at radius 2 is 1.80 bits per heavy atom. The fourth-order valence-electron chi connectivity index (χ4n) is 2.48. The number of nitrogens with one attached hydrogen (secondary N) is 1. The van der Waals surface area contributed by atoms with E-state index in [0.29, 0.717) is 6.04 Å². The summed E-state index contributed by atoms with van der Waals surface area (Å²) in [7, 11) is 1.97. The van der Waals surface area contributed by atoms with Gasteiger partial charge in [-0.1, -0.05) is 42.5 Å². The lowest BCUT2D eigenvalue weighted by molar-refractivity contribution is 0.481. The summed E-state index contributed by atoms with van der Waals surface area (Å²) in [5.41, 5.74) is 1.16. The number of rotatable bonds is 4. The van der Waals surface area contributed by atoms with Gasteiger partial charge in [-0.25, -0.2) is 0 Å². The molecule has 1 aromatic heterocycles. The molecule has 102 valence electrons. The summed E-state index contributed by atoms with van der Waals surface area (Å²) in [6.45, 7) is 2.15. The third-order valence-corrected chi connectivity index (χ3v) is 3.72. The van der Waals surface area contributed by atoms with E-state index >= 15 is 0 Å². The Hall–Kier alpha value is -2.06. The van der Waals surface area contributed by atoms with Crippen LogP contribution in [0.3, 0.4) is 0 Å². The van der Waals surface area contributed by atoms with Crippen LogP contribution < -0.4 is 5.32 Å². The van der Waals surface area contributed by atoms with E-state index in [0.717, 1.165) is 23.5 Å². The smallest absolute Gasteiger partial charge is 0.134 e. The van der Waals surface area contributed by atoms with E-state index in [-0.39, 0.29) is 0 Å². The summed E-state index contributed by atoms with van der Waals surface area (Å²) in [4.78, 5) is 0. The number of hydrogen-bond donors (Lipinski definition) is 1. The van der Waals surface area contributed by atoms with Gasteiger partial charge < -0.3 is 9.73 Å². The SMILES string of the molecule is CNC(C)Cc1ccc(-c2cccc3ccccc23)o1. The summed E-state index contributed by atoms with van der Waals surface area (Å²) in [6, 6.07) is 19.3. The van der Waals surface area contributed by atoms with Crippen LogP contribution in [0.4, 0.5) is 0 Å². The minimum Gasteiger partial charge on any atom is -0.461 e. The summed E-state index contributed by atoms with van der Waals surface area (Å²) < 4.78 is 6.01. The van der Waals surface area contributed by atoms with Crippen molar-refractivity contribution in [3.63, 3.8) is 0 Å². The van der Waals surface area contributed by atoms with E-state index < -0.39 is 0 Å². The van der Waals surface area contributed by atoms with Crippen molar-refractivity contribution in [3.05, 3.63) is 60.4 Å². The Kier molecular flexibility index (Phi) is 3.57. The molecule has 1 N–H and O–H groups in total. The van der Waals surface area contributed by atoms with Gasteiger partial charge in [0.1, 0.15) is 11.5 Å². The lowest BCUT2D eigenvalue weighted by Gasteiger charge is -2.07. The van der Waals surface area contributed by atoms with Crippen LogP contribution in [0, 0.1) is 0 Å². The average molecular weight is 265 g/mol. The molecule has 0 bridgehead atoms. The molecule has 0 spiro atoms. The van der Waals surface area contributed by atoms with Crippen LogP contribution in [0.25, 0.3) is 22.1 Å². The largest absolute Gasteiger partial charge is 0.461 e. The van der Waals surface area contributed by atoms with Gasteiger partial charge in [0.25, 0.3) is 0 Å². The molecule has 2 nitrogen and oxygen atoms in total. The molecule has 1 atom stereocenters. The normalized spacial score (nSPS) is 12.7. The molecule has 20 heavy (non-hydrogen) atoms. The molecule has 3 rings (SSSR count). The Balaban J connectivity index is 1.99. The van der Waals surface area contributed by atoms with Gasteiger partial charge >= 0.3 is 0 Å². The van der Waals surface area contributed by atoms with Crippen molar-refractivity contribution in [1.82, 2.24) is 5.32 Å². The van der Waals surface area contributed by atoms with Crippen molar-refractivity contribution in [1.29, 1.82) is 0 Å². The molecular formula is C18H19NO. The van der Waals surface area contributed by atoms with Crippen molar-refractivity contribution in [2.75, 3.05) is 7.05 Å². The predicted octanol–water partition coefficient (Wildman–Crippen LogP) is 4.25. The molecule has 0 amide bonds. The standard InChI is InChI=1S/C18H19NO/c1-13(19-2)12-15-10-11-18(20-15)17-9-5-7-14-6-3-4-8-16(14)17/h3-11,13,19H,12H2,1-2H3. The summed E-state index contributed by atoms with van der Waals surface area (Å²) in [6.07, 6.45) is 0.904. The zero-order valence-electron chi connectivity index (χ0n) is 11.9. The molecule has 0 aliphatic carbocycles. The van der Waals surface area contributed by atoms with Gasteiger partial charge in [0.2, 0.25) is 0 Å². The van der Waals surface area contributed by atoms with Gasteiger partial charge in [-0.2, -0.15) is 0 Å². The molecule has 0 fully saturated rings. The lowest BCUT2D eigenvalue weighted by atomic mass is 10.0. The second kappa shape index (κ2) is 5.51. The van der Waals surface area contributed by atoms with Crippen LogP contribution in [0.5, 0.6) is 0 Å². The van der Waals surface area contributed by atoms with Crippen LogP contribution in [-0.2, 0) is 6.42 Å². The van der Waals surface area contributed by atoms with E-state index in [2.05, 4.69) is 66.8 Å². The van der Waals surface area contributed by atoms with Gasteiger partial charge in [0.05, 0.1) is 0 Å². The maximum absolute atomic E-state index is 6.01. The zero-order chi connectivity index (χ0) is 13.9. The monoisotopic (exact) mass is 265 g/mol. The maximum Gasteiger partial charge on any atom is 0.134 e. The van der Waals surface area contributed by atoms with Crippen LogP contribution in [0.15, 0.2) is 59.0 Å². The van der Waals surface area contributed by atoms with Gasteiger partial charge in [0.15, 0.2) is 0 Å². The van der Waals surface area contributed by atoms with Crippen molar-refractivity contribution in [2.24, 2.45) is 0 Å². The van der Waals surface area contributed by atoms with Crippen LogP contribution in [0.2, 0.25) is 0 Å². The third-order valence-electron chi connectivity index (χ3n) is 3.72. The van der Waals surface area contributed by atoms with Crippen molar-refractivity contribution < 1.29 is 4.42 Å². The number of likely N-dealkylation sites (N-methyl/N-ethyl adjacent to an activating group) is 1. The van der Waals surface area contributed by atoms with E-state index in [1.165, 1.54) is 10.8 Å². The van der Waals surface area contributed by atoms with E-state index in [1.54, 1.807) is 0 Å². The van der Waals surface area contributed by atoms with Gasteiger partial charge in [-0.3, -0.25) is 0 Å². The first-order valence-corrected chi connectivity index (χ1v) is 7.02. The van der Waals surface area contributed by atoms with E-state index in [9.17, 15) is 0 Å². The van der Waals surface area contributed by atoms with Gasteiger partial charge in [-0.05, 0) is 36.9 Å². The topological polar surface area (TPSA) is 25.2 Å². The summed E-state index contributed by atoms with van der Waals surface area (Å²) >= 11 is 0. The Labute approximate surface area is 119 Å². The first-order chi connectivity index (χ1) is 9.78. The highest BCUT2D eigenvalue weighted by molar-refractivity contribution is 5.95. The first kappa shape index (κ1) is 12.9. The molecule has 0 radical (unpaired) electrons. The Morgan fingerprint density at radius 1 is 1.00 bits per heavy atom. The summed E-state index contributed by atoms with van der Waals surface area (Å²) in [5.74, 6) is 1.97. The van der Waals surface area contributed by atoms with Crippen molar-refractivity contribution in [3.8, 4) is 11.3 Å². The number of benzene rings is 2. The van der Waals surface area contributed by atoms with E-state index in [4.69, 9.17) is 4.42 Å². The average Bonchev–Trinajstić information content (AvgIpc) is 2.94. The Bertz CT molecular complexity index is 709. The molecule has 2 heteroatoms. The number of furan rings is 1. The molecular weight excluding hydrogens is 246 g/mol. The second-order valence-electron chi connectivity index (χ2n) is 5.19. The highest BCUT2D eigenvalue weighted by atomic mass is 16.3. The lowest BCUT2D eigenvalue weighted by Crippen LogP contribution is -2.23. The maximum atomic E-state index is 6.01. The highest BCUT2D eigenvalue weighted by Crippen LogP contribution is 2.30. The zero-order valence-corrected chi connectivity index (χ0v) is 11.9. The summed E-state index contributed by atoms with van der Waals surface area (Å²) in [5, 5.41) is 5.71. The number of fused-ring (bicyclic) bond motifs is 1. The first-order valence-electron chi connectivity index (χ1n) is 7.02. The van der Waals surface area contributed by atoms with Crippen molar-refractivity contribution in [2.45, 2.75) is 19.4 Å². The molecule has 3 aromatic rings. The van der Waals surface area contributed by atoms with Crippen LogP contribution in [0.1, 0.15) is 12.7 Å². The molecule has 1 heterocycles. The molecule has 1 unspecified atom stereocenters. The molecule has 0 saturated heterocycles. The van der Waals surface area contributed by atoms with Gasteiger partial charge in [0, 0.05) is 18.0 Å². The quantitative estimate of drug-likeness (QED) is 0.763. The molecule has 2 aromatic carbocycles. The molecule has 0 aliphatic rings.